The molecule has 0 bridgehead atoms. The number of nitrogens with one attached hydrogen (secondary N) is 1. The number of rotatable bonds is 6. The average Bonchev–Trinajstić information content (AvgIpc) is 2.77. The van der Waals surface area contributed by atoms with Crippen LogP contribution in [-0.2, 0) is 17.6 Å². The highest BCUT2D eigenvalue weighted by molar-refractivity contribution is 7.11. The van der Waals surface area contributed by atoms with Gasteiger partial charge in [-0.15, -0.1) is 11.3 Å². The van der Waals surface area contributed by atoms with E-state index in [0.29, 0.717) is 19.4 Å². The summed E-state index contributed by atoms with van der Waals surface area (Å²) < 4.78 is 0. The summed E-state index contributed by atoms with van der Waals surface area (Å²) in [6, 6.07) is 7.66. The SMILES string of the molecule is Cc1nc(CCNC(=O)CCc2ccccc2N)sc1C. The molecule has 0 saturated carbocycles. The number of hydrogen-bond acceptors (Lipinski definition) is 4. The van der Waals surface area contributed by atoms with Crippen LogP contribution >= 0.6 is 11.3 Å². The van der Waals surface area contributed by atoms with Crippen LogP contribution in [0.2, 0.25) is 0 Å². The van der Waals surface area contributed by atoms with Crippen LogP contribution in [0.5, 0.6) is 0 Å². The van der Waals surface area contributed by atoms with E-state index in [1.807, 2.05) is 31.2 Å². The Morgan fingerprint density at radius 2 is 2.05 bits per heavy atom. The van der Waals surface area contributed by atoms with Crippen molar-refractivity contribution in [3.05, 3.63) is 45.4 Å². The highest BCUT2D eigenvalue weighted by Crippen LogP contribution is 2.16. The molecule has 112 valence electrons. The van der Waals surface area contributed by atoms with Gasteiger partial charge in [-0.2, -0.15) is 0 Å². The van der Waals surface area contributed by atoms with E-state index in [9.17, 15) is 4.79 Å². The van der Waals surface area contributed by atoms with E-state index < -0.39 is 0 Å². The molecule has 0 aliphatic rings. The lowest BCUT2D eigenvalue weighted by atomic mass is 10.1. The number of anilines is 1. The molecule has 0 radical (unpaired) electrons. The maximum absolute atomic E-state index is 11.8. The molecule has 2 aromatic rings. The molecule has 0 atom stereocenters. The first-order valence-electron chi connectivity index (χ1n) is 7.09. The van der Waals surface area contributed by atoms with Gasteiger partial charge in [0.05, 0.1) is 10.7 Å². The van der Waals surface area contributed by atoms with E-state index >= 15 is 0 Å². The number of para-hydroxylation sites is 1. The second-order valence-electron chi connectivity index (χ2n) is 5.05. The van der Waals surface area contributed by atoms with Crippen LogP contribution in [0.15, 0.2) is 24.3 Å². The zero-order valence-electron chi connectivity index (χ0n) is 12.5. The van der Waals surface area contributed by atoms with Gasteiger partial charge in [-0.3, -0.25) is 4.79 Å². The summed E-state index contributed by atoms with van der Waals surface area (Å²) in [7, 11) is 0. The molecular formula is C16H21N3OS. The van der Waals surface area contributed by atoms with Gasteiger partial charge in [0.1, 0.15) is 0 Å². The molecule has 5 heteroatoms. The third kappa shape index (κ3) is 4.56. The molecule has 0 spiro atoms. The van der Waals surface area contributed by atoms with E-state index in [2.05, 4.69) is 17.2 Å². The first-order chi connectivity index (χ1) is 10.1. The van der Waals surface area contributed by atoms with Crippen molar-refractivity contribution in [1.82, 2.24) is 10.3 Å². The van der Waals surface area contributed by atoms with E-state index in [0.717, 1.165) is 28.4 Å². The first kappa shape index (κ1) is 15.5. The zero-order valence-corrected chi connectivity index (χ0v) is 13.3. The molecule has 3 N–H and O–H groups in total. The molecule has 0 saturated heterocycles. The van der Waals surface area contributed by atoms with Crippen molar-refractivity contribution in [2.24, 2.45) is 0 Å². The minimum absolute atomic E-state index is 0.0586. The minimum Gasteiger partial charge on any atom is -0.399 e. The number of carbonyl (C=O) groups is 1. The first-order valence-corrected chi connectivity index (χ1v) is 7.91. The van der Waals surface area contributed by atoms with Crippen LogP contribution < -0.4 is 11.1 Å². The van der Waals surface area contributed by atoms with Gasteiger partial charge in [-0.25, -0.2) is 4.98 Å². The van der Waals surface area contributed by atoms with Gasteiger partial charge in [0.15, 0.2) is 0 Å². The van der Waals surface area contributed by atoms with Crippen LogP contribution in [0.4, 0.5) is 5.69 Å². The number of nitrogens with two attached hydrogens (primary N) is 1. The smallest absolute Gasteiger partial charge is 0.220 e. The van der Waals surface area contributed by atoms with E-state index in [1.54, 1.807) is 11.3 Å². The second kappa shape index (κ2) is 7.22. The summed E-state index contributed by atoms with van der Waals surface area (Å²) in [6.45, 7) is 4.72. The van der Waals surface area contributed by atoms with Gasteiger partial charge < -0.3 is 11.1 Å². The Bertz CT molecular complexity index is 602. The summed E-state index contributed by atoms with van der Waals surface area (Å²) in [5, 5.41) is 4.02. The van der Waals surface area contributed by atoms with E-state index in [4.69, 9.17) is 5.73 Å². The fraction of sp³-hybridized carbons (Fsp3) is 0.375. The zero-order chi connectivity index (χ0) is 15.2. The third-order valence-corrected chi connectivity index (χ3v) is 4.54. The predicted octanol–water partition coefficient (Wildman–Crippen LogP) is 2.63. The molecule has 2 rings (SSSR count). The van der Waals surface area contributed by atoms with Crippen LogP contribution in [0.1, 0.15) is 27.6 Å². The predicted molar refractivity (Wildman–Crippen MR) is 87.5 cm³/mol. The Morgan fingerprint density at radius 1 is 1.29 bits per heavy atom. The maximum atomic E-state index is 11.8. The number of nitrogen functional groups attached to an aromatic ring is 1. The third-order valence-electron chi connectivity index (χ3n) is 3.41. The lowest BCUT2D eigenvalue weighted by molar-refractivity contribution is -0.121. The highest BCUT2D eigenvalue weighted by atomic mass is 32.1. The number of benzene rings is 1. The number of amides is 1. The molecule has 0 unspecified atom stereocenters. The Labute approximate surface area is 129 Å². The fourth-order valence-corrected chi connectivity index (χ4v) is 2.99. The molecule has 4 nitrogen and oxygen atoms in total. The topological polar surface area (TPSA) is 68.0 Å². The largest absolute Gasteiger partial charge is 0.399 e. The van der Waals surface area contributed by atoms with Crippen LogP contribution in [0, 0.1) is 13.8 Å². The minimum atomic E-state index is 0.0586. The Hall–Kier alpha value is -1.88. The van der Waals surface area contributed by atoms with Crippen LogP contribution in [0.3, 0.4) is 0 Å². The van der Waals surface area contributed by atoms with E-state index in [1.165, 1.54) is 4.88 Å². The summed E-state index contributed by atoms with van der Waals surface area (Å²) in [4.78, 5) is 17.5. The van der Waals surface area contributed by atoms with E-state index in [-0.39, 0.29) is 5.91 Å². The molecule has 1 aromatic carbocycles. The standard InChI is InChI=1S/C16H21N3OS/c1-11-12(2)21-16(19-11)9-10-18-15(20)8-7-13-5-3-4-6-14(13)17/h3-6H,7-10,17H2,1-2H3,(H,18,20). The Balaban J connectivity index is 1.71. The summed E-state index contributed by atoms with van der Waals surface area (Å²) in [6.07, 6.45) is 1.93. The van der Waals surface area contributed by atoms with Crippen molar-refractivity contribution in [3.8, 4) is 0 Å². The number of nitrogens with zero attached hydrogens (tertiary/aromatic N) is 1. The fourth-order valence-electron chi connectivity index (χ4n) is 2.05. The summed E-state index contributed by atoms with van der Waals surface area (Å²) >= 11 is 1.70. The van der Waals surface area contributed by atoms with Crippen molar-refractivity contribution >= 4 is 22.9 Å². The molecule has 1 heterocycles. The summed E-state index contributed by atoms with van der Waals surface area (Å²) in [5.74, 6) is 0.0586. The lowest BCUT2D eigenvalue weighted by Gasteiger charge is -2.06. The van der Waals surface area contributed by atoms with Gasteiger partial charge in [0, 0.05) is 30.0 Å². The lowest BCUT2D eigenvalue weighted by Crippen LogP contribution is -2.25. The van der Waals surface area contributed by atoms with Crippen molar-refractivity contribution in [2.75, 3.05) is 12.3 Å². The molecule has 0 aliphatic carbocycles. The molecular weight excluding hydrogens is 282 g/mol. The molecule has 1 amide bonds. The number of hydrogen-bond donors (Lipinski definition) is 2. The number of aryl methyl sites for hydroxylation is 3. The Morgan fingerprint density at radius 3 is 2.71 bits per heavy atom. The Kier molecular flexibility index (Phi) is 5.33. The quantitative estimate of drug-likeness (QED) is 0.806. The molecule has 1 aromatic heterocycles. The van der Waals surface area contributed by atoms with Crippen LogP contribution in [-0.4, -0.2) is 17.4 Å². The summed E-state index contributed by atoms with van der Waals surface area (Å²) in [5.41, 5.74) is 8.72. The normalized spacial score (nSPS) is 10.6. The molecule has 21 heavy (non-hydrogen) atoms. The maximum Gasteiger partial charge on any atom is 0.220 e. The number of carbonyl (C=O) groups excluding carboxylic acids is 1. The van der Waals surface area contributed by atoms with Gasteiger partial charge in [0.2, 0.25) is 5.91 Å². The van der Waals surface area contributed by atoms with Crippen molar-refractivity contribution < 1.29 is 4.79 Å². The second-order valence-corrected chi connectivity index (χ2v) is 6.34. The highest BCUT2D eigenvalue weighted by Gasteiger charge is 2.06. The van der Waals surface area contributed by atoms with Crippen LogP contribution in [0.25, 0.3) is 0 Å². The molecule has 0 fully saturated rings. The number of thiazole rings is 1. The average molecular weight is 303 g/mol. The van der Waals surface area contributed by atoms with Gasteiger partial charge in [-0.1, -0.05) is 18.2 Å². The van der Waals surface area contributed by atoms with Gasteiger partial charge in [0.25, 0.3) is 0 Å². The van der Waals surface area contributed by atoms with Crippen molar-refractivity contribution in [2.45, 2.75) is 33.1 Å². The van der Waals surface area contributed by atoms with Gasteiger partial charge >= 0.3 is 0 Å². The van der Waals surface area contributed by atoms with Crippen molar-refractivity contribution in [3.63, 3.8) is 0 Å². The molecule has 0 aliphatic heterocycles. The van der Waals surface area contributed by atoms with Crippen molar-refractivity contribution in [1.29, 1.82) is 0 Å². The number of aromatic nitrogens is 1. The van der Waals surface area contributed by atoms with Gasteiger partial charge in [-0.05, 0) is 31.9 Å². The monoisotopic (exact) mass is 303 g/mol.